The second-order valence-electron chi connectivity index (χ2n) is 5.12. The third-order valence-corrected chi connectivity index (χ3v) is 3.04. The second kappa shape index (κ2) is 4.52. The van der Waals surface area contributed by atoms with E-state index in [9.17, 15) is 4.79 Å². The van der Waals surface area contributed by atoms with Crippen molar-refractivity contribution >= 4 is 5.91 Å². The zero-order valence-electron chi connectivity index (χ0n) is 9.74. The maximum absolute atomic E-state index is 12.2. The zero-order chi connectivity index (χ0) is 10.8. The minimum Gasteiger partial charge on any atom is -0.368 e. The fourth-order valence-electron chi connectivity index (χ4n) is 2.16. The van der Waals surface area contributed by atoms with E-state index in [1.807, 2.05) is 0 Å². The number of amides is 1. The van der Waals surface area contributed by atoms with Crippen molar-refractivity contribution in [3.05, 3.63) is 0 Å². The number of ether oxygens (including phenoxy) is 1. The number of hydrogen-bond donors (Lipinski definition) is 0. The molecular weight excluding hydrogens is 190 g/mol. The third kappa shape index (κ3) is 2.71. The quantitative estimate of drug-likeness (QED) is 0.710. The SMILES string of the molecule is CC(C)CN(C(=O)C1CCCO1)C1CC1. The fourth-order valence-corrected chi connectivity index (χ4v) is 2.16. The largest absolute Gasteiger partial charge is 0.368 e. The molecule has 2 fully saturated rings. The Hall–Kier alpha value is -0.570. The van der Waals surface area contributed by atoms with Crippen molar-refractivity contribution in [2.75, 3.05) is 13.2 Å². The summed E-state index contributed by atoms with van der Waals surface area (Å²) < 4.78 is 5.46. The monoisotopic (exact) mass is 211 g/mol. The van der Waals surface area contributed by atoms with E-state index in [1.54, 1.807) is 0 Å². The highest BCUT2D eigenvalue weighted by molar-refractivity contribution is 5.81. The van der Waals surface area contributed by atoms with E-state index in [2.05, 4.69) is 18.7 Å². The predicted molar refractivity (Wildman–Crippen MR) is 58.5 cm³/mol. The summed E-state index contributed by atoms with van der Waals surface area (Å²) in [5.74, 6) is 0.791. The van der Waals surface area contributed by atoms with Crippen LogP contribution in [0.25, 0.3) is 0 Å². The maximum atomic E-state index is 12.2. The van der Waals surface area contributed by atoms with Crippen LogP contribution in [0, 0.1) is 5.92 Å². The van der Waals surface area contributed by atoms with Crippen molar-refractivity contribution in [3.8, 4) is 0 Å². The third-order valence-electron chi connectivity index (χ3n) is 3.04. The molecule has 3 heteroatoms. The molecule has 0 radical (unpaired) electrons. The zero-order valence-corrected chi connectivity index (χ0v) is 9.74. The van der Waals surface area contributed by atoms with Gasteiger partial charge in [-0.15, -0.1) is 0 Å². The van der Waals surface area contributed by atoms with Gasteiger partial charge in [0.15, 0.2) is 0 Å². The van der Waals surface area contributed by atoms with Crippen LogP contribution in [0.5, 0.6) is 0 Å². The molecule has 3 nitrogen and oxygen atoms in total. The van der Waals surface area contributed by atoms with Gasteiger partial charge in [0.25, 0.3) is 5.91 Å². The fraction of sp³-hybridized carbons (Fsp3) is 0.917. The van der Waals surface area contributed by atoms with Gasteiger partial charge in [0.1, 0.15) is 6.10 Å². The minimum atomic E-state index is -0.135. The van der Waals surface area contributed by atoms with Gasteiger partial charge in [-0.25, -0.2) is 0 Å². The molecule has 0 aromatic rings. The smallest absolute Gasteiger partial charge is 0.251 e. The summed E-state index contributed by atoms with van der Waals surface area (Å²) in [7, 11) is 0. The lowest BCUT2D eigenvalue weighted by molar-refractivity contribution is -0.142. The highest BCUT2D eigenvalue weighted by Gasteiger charge is 2.37. The first kappa shape index (κ1) is 10.9. The summed E-state index contributed by atoms with van der Waals surface area (Å²) in [6.07, 6.45) is 4.19. The van der Waals surface area contributed by atoms with E-state index in [0.29, 0.717) is 12.0 Å². The van der Waals surface area contributed by atoms with Crippen LogP contribution in [0.3, 0.4) is 0 Å². The molecule has 1 atom stereocenters. The van der Waals surface area contributed by atoms with Crippen LogP contribution in [-0.2, 0) is 9.53 Å². The topological polar surface area (TPSA) is 29.5 Å². The van der Waals surface area contributed by atoms with Gasteiger partial charge < -0.3 is 9.64 Å². The summed E-state index contributed by atoms with van der Waals surface area (Å²) in [4.78, 5) is 14.2. The van der Waals surface area contributed by atoms with Crippen molar-refractivity contribution in [3.63, 3.8) is 0 Å². The first-order valence-corrected chi connectivity index (χ1v) is 6.10. The second-order valence-corrected chi connectivity index (χ2v) is 5.12. The summed E-state index contributed by atoms with van der Waals surface area (Å²) in [6, 6.07) is 0.518. The van der Waals surface area contributed by atoms with Gasteiger partial charge in [0.2, 0.25) is 0 Å². The van der Waals surface area contributed by atoms with Gasteiger partial charge in [0, 0.05) is 19.2 Å². The number of rotatable bonds is 4. The lowest BCUT2D eigenvalue weighted by atomic mass is 10.1. The van der Waals surface area contributed by atoms with E-state index in [4.69, 9.17) is 4.74 Å². The Morgan fingerprint density at radius 2 is 2.13 bits per heavy atom. The minimum absolute atomic E-state index is 0.135. The standard InChI is InChI=1S/C12H21NO2/c1-9(2)8-13(10-5-6-10)12(14)11-4-3-7-15-11/h9-11H,3-8H2,1-2H3. The van der Waals surface area contributed by atoms with Crippen LogP contribution in [0.15, 0.2) is 0 Å². The molecule has 2 aliphatic rings. The summed E-state index contributed by atoms with van der Waals surface area (Å²) >= 11 is 0. The van der Waals surface area contributed by atoms with Crippen LogP contribution < -0.4 is 0 Å². The van der Waals surface area contributed by atoms with Gasteiger partial charge in [-0.3, -0.25) is 4.79 Å². The van der Waals surface area contributed by atoms with Crippen molar-refractivity contribution in [2.45, 2.75) is 51.7 Å². The molecule has 86 valence electrons. The molecule has 0 spiro atoms. The molecule has 1 saturated heterocycles. The molecule has 1 aliphatic heterocycles. The molecule has 1 saturated carbocycles. The highest BCUT2D eigenvalue weighted by Crippen LogP contribution is 2.29. The summed E-state index contributed by atoms with van der Waals surface area (Å²) in [6.45, 7) is 5.98. The molecule has 1 amide bonds. The van der Waals surface area contributed by atoms with Crippen LogP contribution >= 0.6 is 0 Å². The number of carbonyl (C=O) groups is 1. The van der Waals surface area contributed by atoms with E-state index < -0.39 is 0 Å². The Bertz CT molecular complexity index is 230. The van der Waals surface area contributed by atoms with E-state index in [-0.39, 0.29) is 12.0 Å². The molecule has 1 heterocycles. The van der Waals surface area contributed by atoms with Gasteiger partial charge in [-0.2, -0.15) is 0 Å². The number of nitrogens with zero attached hydrogens (tertiary/aromatic N) is 1. The van der Waals surface area contributed by atoms with E-state index in [0.717, 1.165) is 26.0 Å². The average molecular weight is 211 g/mol. The van der Waals surface area contributed by atoms with Crippen molar-refractivity contribution < 1.29 is 9.53 Å². The van der Waals surface area contributed by atoms with E-state index in [1.165, 1.54) is 12.8 Å². The van der Waals surface area contributed by atoms with Crippen molar-refractivity contribution in [1.29, 1.82) is 0 Å². The van der Waals surface area contributed by atoms with Gasteiger partial charge >= 0.3 is 0 Å². The normalized spacial score (nSPS) is 25.9. The van der Waals surface area contributed by atoms with Gasteiger partial charge in [-0.05, 0) is 31.6 Å². The predicted octanol–water partition coefficient (Wildman–Crippen LogP) is 1.81. The molecule has 1 unspecified atom stereocenters. The molecule has 15 heavy (non-hydrogen) atoms. The average Bonchev–Trinajstić information content (AvgIpc) is 2.88. The maximum Gasteiger partial charge on any atom is 0.251 e. The highest BCUT2D eigenvalue weighted by atomic mass is 16.5. The van der Waals surface area contributed by atoms with E-state index >= 15 is 0 Å². The summed E-state index contributed by atoms with van der Waals surface area (Å²) in [5.41, 5.74) is 0. The first-order chi connectivity index (χ1) is 7.18. The number of hydrogen-bond acceptors (Lipinski definition) is 2. The Kier molecular flexibility index (Phi) is 3.29. The van der Waals surface area contributed by atoms with Crippen LogP contribution in [0.1, 0.15) is 39.5 Å². The van der Waals surface area contributed by atoms with Crippen LogP contribution in [-0.4, -0.2) is 36.1 Å². The summed E-state index contributed by atoms with van der Waals surface area (Å²) in [5, 5.41) is 0. The molecule has 0 bridgehead atoms. The molecule has 0 aromatic carbocycles. The van der Waals surface area contributed by atoms with Gasteiger partial charge in [0.05, 0.1) is 0 Å². The molecule has 2 rings (SSSR count). The molecular formula is C12H21NO2. The first-order valence-electron chi connectivity index (χ1n) is 6.10. The molecule has 0 aromatic heterocycles. The van der Waals surface area contributed by atoms with Crippen molar-refractivity contribution in [2.24, 2.45) is 5.92 Å². The lowest BCUT2D eigenvalue weighted by Gasteiger charge is -2.26. The van der Waals surface area contributed by atoms with Crippen molar-refractivity contribution in [1.82, 2.24) is 4.90 Å². The molecule has 1 aliphatic carbocycles. The lowest BCUT2D eigenvalue weighted by Crippen LogP contribution is -2.42. The molecule has 0 N–H and O–H groups in total. The van der Waals surface area contributed by atoms with Crippen LogP contribution in [0.4, 0.5) is 0 Å². The number of carbonyl (C=O) groups excluding carboxylic acids is 1. The Labute approximate surface area is 91.8 Å². The van der Waals surface area contributed by atoms with Crippen LogP contribution in [0.2, 0.25) is 0 Å². The Balaban J connectivity index is 1.93. The Morgan fingerprint density at radius 1 is 1.40 bits per heavy atom. The van der Waals surface area contributed by atoms with Gasteiger partial charge in [-0.1, -0.05) is 13.8 Å². The Morgan fingerprint density at radius 3 is 2.60 bits per heavy atom.